The fourth-order valence-electron chi connectivity index (χ4n) is 2.99. The minimum absolute atomic E-state index is 0.0582. The molecule has 6 heteroatoms. The van der Waals surface area contributed by atoms with E-state index in [1.165, 1.54) is 0 Å². The van der Waals surface area contributed by atoms with E-state index in [-0.39, 0.29) is 11.9 Å². The molecule has 6 nitrogen and oxygen atoms in total. The maximum absolute atomic E-state index is 12.6. The van der Waals surface area contributed by atoms with Crippen LogP contribution >= 0.6 is 0 Å². The molecule has 2 aromatic heterocycles. The first-order chi connectivity index (χ1) is 10.6. The highest BCUT2D eigenvalue weighted by atomic mass is 16.5. The van der Waals surface area contributed by atoms with Gasteiger partial charge in [0.25, 0.3) is 5.91 Å². The maximum atomic E-state index is 12.6. The minimum Gasteiger partial charge on any atom is -0.351 e. The summed E-state index contributed by atoms with van der Waals surface area (Å²) in [5.41, 5.74) is 0.848. The zero-order valence-electron chi connectivity index (χ0n) is 13.1. The molecule has 1 fully saturated rings. The van der Waals surface area contributed by atoms with Crippen LogP contribution in [0.4, 0.5) is 0 Å². The molecular formula is C16H22N4O2. The van der Waals surface area contributed by atoms with E-state index in [2.05, 4.69) is 24.1 Å². The largest absolute Gasteiger partial charge is 0.351 e. The third-order valence-electron chi connectivity index (χ3n) is 3.98. The molecule has 1 atom stereocenters. The van der Waals surface area contributed by atoms with Crippen molar-refractivity contribution in [2.24, 2.45) is 5.92 Å². The van der Waals surface area contributed by atoms with Crippen molar-refractivity contribution in [1.29, 1.82) is 0 Å². The second-order valence-corrected chi connectivity index (χ2v) is 6.30. The summed E-state index contributed by atoms with van der Waals surface area (Å²) in [5, 5.41) is 8.24. The quantitative estimate of drug-likeness (QED) is 0.850. The van der Waals surface area contributed by atoms with Crippen LogP contribution in [0, 0.1) is 5.92 Å². The highest BCUT2D eigenvalue weighted by molar-refractivity contribution is 5.91. The van der Waals surface area contributed by atoms with Crippen molar-refractivity contribution in [3.05, 3.63) is 36.0 Å². The number of aromatic nitrogens is 3. The van der Waals surface area contributed by atoms with Gasteiger partial charge in [0, 0.05) is 25.0 Å². The summed E-state index contributed by atoms with van der Waals surface area (Å²) in [7, 11) is 0. The van der Waals surface area contributed by atoms with Crippen molar-refractivity contribution in [2.75, 3.05) is 6.54 Å². The first-order valence-corrected chi connectivity index (χ1v) is 7.87. The van der Waals surface area contributed by atoms with Gasteiger partial charge in [-0.3, -0.25) is 9.48 Å². The highest BCUT2D eigenvalue weighted by Gasteiger charge is 2.31. The summed E-state index contributed by atoms with van der Waals surface area (Å²) in [6, 6.07) is 3.85. The average Bonchev–Trinajstić information content (AvgIpc) is 3.19. The lowest BCUT2D eigenvalue weighted by Gasteiger charge is -2.23. The fourth-order valence-corrected chi connectivity index (χ4v) is 2.99. The molecule has 0 aromatic carbocycles. The van der Waals surface area contributed by atoms with Crippen LogP contribution in [0.2, 0.25) is 0 Å². The van der Waals surface area contributed by atoms with E-state index >= 15 is 0 Å². The van der Waals surface area contributed by atoms with Crippen molar-refractivity contribution in [3.63, 3.8) is 0 Å². The number of hydrogen-bond acceptors (Lipinski definition) is 4. The van der Waals surface area contributed by atoms with Gasteiger partial charge in [0.1, 0.15) is 0 Å². The van der Waals surface area contributed by atoms with Gasteiger partial charge in [-0.2, -0.15) is 5.10 Å². The number of rotatable bonds is 5. The summed E-state index contributed by atoms with van der Waals surface area (Å²) in [4.78, 5) is 14.5. The summed E-state index contributed by atoms with van der Waals surface area (Å²) >= 11 is 0. The Balaban J connectivity index is 1.69. The van der Waals surface area contributed by atoms with Crippen LogP contribution in [0.15, 0.2) is 29.0 Å². The average molecular weight is 302 g/mol. The number of carbonyl (C=O) groups is 1. The van der Waals surface area contributed by atoms with E-state index in [0.29, 0.717) is 11.7 Å². The van der Waals surface area contributed by atoms with Gasteiger partial charge in [-0.25, -0.2) is 0 Å². The molecule has 1 aliphatic rings. The summed E-state index contributed by atoms with van der Waals surface area (Å²) in [5.74, 6) is 0.785. The van der Waals surface area contributed by atoms with Gasteiger partial charge in [-0.15, -0.1) is 0 Å². The summed E-state index contributed by atoms with van der Waals surface area (Å²) in [6.07, 6.45) is 6.53. The first kappa shape index (κ1) is 14.8. The third-order valence-corrected chi connectivity index (χ3v) is 3.98. The van der Waals surface area contributed by atoms with Gasteiger partial charge in [0.05, 0.1) is 18.3 Å². The number of likely N-dealkylation sites (tertiary alicyclic amines) is 1. The van der Waals surface area contributed by atoms with E-state index in [1.807, 2.05) is 21.8 Å². The molecule has 0 radical (unpaired) electrons. The standard InChI is InChI=1S/C16H22N4O2/c1-12(2)9-13-10-15(22-18-13)16(21)20-8-3-5-14(20)11-19-7-4-6-17-19/h4,6-7,10,12,14H,3,5,8-9,11H2,1-2H3. The van der Waals surface area contributed by atoms with Crippen LogP contribution in [0.3, 0.4) is 0 Å². The van der Waals surface area contributed by atoms with E-state index in [0.717, 1.165) is 38.0 Å². The van der Waals surface area contributed by atoms with Crippen molar-refractivity contribution in [3.8, 4) is 0 Å². The van der Waals surface area contributed by atoms with E-state index < -0.39 is 0 Å². The predicted octanol–water partition coefficient (Wildman–Crippen LogP) is 2.37. The van der Waals surface area contributed by atoms with Gasteiger partial charge in [-0.1, -0.05) is 19.0 Å². The Kier molecular flexibility index (Phi) is 4.27. The minimum atomic E-state index is -0.0582. The van der Waals surface area contributed by atoms with Crippen molar-refractivity contribution in [2.45, 2.75) is 45.7 Å². The van der Waals surface area contributed by atoms with Gasteiger partial charge >= 0.3 is 0 Å². The van der Waals surface area contributed by atoms with Crippen molar-refractivity contribution >= 4 is 5.91 Å². The van der Waals surface area contributed by atoms with Crippen molar-refractivity contribution < 1.29 is 9.32 Å². The van der Waals surface area contributed by atoms with E-state index in [1.54, 1.807) is 12.3 Å². The van der Waals surface area contributed by atoms with Crippen molar-refractivity contribution in [1.82, 2.24) is 19.8 Å². The monoisotopic (exact) mass is 302 g/mol. The molecular weight excluding hydrogens is 280 g/mol. The Labute approximate surface area is 130 Å². The summed E-state index contributed by atoms with van der Waals surface area (Å²) in [6.45, 7) is 5.74. The first-order valence-electron chi connectivity index (χ1n) is 7.87. The van der Waals surface area contributed by atoms with Crippen LogP contribution in [0.5, 0.6) is 0 Å². The summed E-state index contributed by atoms with van der Waals surface area (Å²) < 4.78 is 7.14. The SMILES string of the molecule is CC(C)Cc1cc(C(=O)N2CCCC2Cn2cccn2)on1. The van der Waals surface area contributed by atoms with Gasteiger partial charge in [0.2, 0.25) is 5.76 Å². The predicted molar refractivity (Wildman–Crippen MR) is 81.3 cm³/mol. The fraction of sp³-hybridized carbons (Fsp3) is 0.562. The number of hydrogen-bond donors (Lipinski definition) is 0. The number of nitrogens with zero attached hydrogens (tertiary/aromatic N) is 4. The van der Waals surface area contributed by atoms with E-state index in [9.17, 15) is 4.79 Å². The second-order valence-electron chi connectivity index (χ2n) is 6.30. The Morgan fingerprint density at radius 2 is 2.36 bits per heavy atom. The Hall–Kier alpha value is -2.11. The second kappa shape index (κ2) is 6.34. The Bertz CT molecular complexity index is 618. The molecule has 0 aliphatic carbocycles. The molecule has 3 rings (SSSR count). The van der Waals surface area contributed by atoms with Crippen LogP contribution in [-0.2, 0) is 13.0 Å². The topological polar surface area (TPSA) is 64.2 Å². The van der Waals surface area contributed by atoms with Crippen LogP contribution in [-0.4, -0.2) is 38.3 Å². The lowest BCUT2D eigenvalue weighted by Crippen LogP contribution is -2.38. The van der Waals surface area contributed by atoms with Crippen LogP contribution in [0.1, 0.15) is 42.9 Å². The zero-order chi connectivity index (χ0) is 15.5. The zero-order valence-corrected chi connectivity index (χ0v) is 13.1. The molecule has 22 heavy (non-hydrogen) atoms. The molecule has 0 bridgehead atoms. The smallest absolute Gasteiger partial charge is 0.292 e. The lowest BCUT2D eigenvalue weighted by atomic mass is 10.1. The molecule has 2 aromatic rings. The van der Waals surface area contributed by atoms with Gasteiger partial charge in [0.15, 0.2) is 0 Å². The third kappa shape index (κ3) is 3.21. The maximum Gasteiger partial charge on any atom is 0.292 e. The lowest BCUT2D eigenvalue weighted by molar-refractivity contribution is 0.0679. The van der Waals surface area contributed by atoms with Gasteiger partial charge in [-0.05, 0) is 31.2 Å². The molecule has 1 aliphatic heterocycles. The molecule has 0 spiro atoms. The van der Waals surface area contributed by atoms with E-state index in [4.69, 9.17) is 4.52 Å². The normalized spacial score (nSPS) is 18.3. The van der Waals surface area contributed by atoms with Crippen LogP contribution < -0.4 is 0 Å². The Morgan fingerprint density at radius 1 is 1.50 bits per heavy atom. The molecule has 0 saturated carbocycles. The number of amides is 1. The molecule has 118 valence electrons. The molecule has 1 amide bonds. The highest BCUT2D eigenvalue weighted by Crippen LogP contribution is 2.22. The molecule has 0 N–H and O–H groups in total. The Morgan fingerprint density at radius 3 is 3.09 bits per heavy atom. The van der Waals surface area contributed by atoms with Crippen LogP contribution in [0.25, 0.3) is 0 Å². The number of carbonyl (C=O) groups excluding carboxylic acids is 1. The van der Waals surface area contributed by atoms with Gasteiger partial charge < -0.3 is 9.42 Å². The molecule has 3 heterocycles. The molecule has 1 saturated heterocycles. The molecule has 1 unspecified atom stereocenters.